The number of amides is 2. The van der Waals surface area contributed by atoms with Gasteiger partial charge in [-0.2, -0.15) is 0 Å². The molecule has 6 rings (SSSR count). The van der Waals surface area contributed by atoms with Gasteiger partial charge < -0.3 is 19.9 Å². The van der Waals surface area contributed by atoms with Gasteiger partial charge in [-0.1, -0.05) is 24.3 Å². The highest BCUT2D eigenvalue weighted by atomic mass is 19.1. The summed E-state index contributed by atoms with van der Waals surface area (Å²) in [5.74, 6) is -0.644. The number of hydrogen-bond donors (Lipinski definition) is 2. The van der Waals surface area contributed by atoms with Gasteiger partial charge in [-0.15, -0.1) is 0 Å². The first-order chi connectivity index (χ1) is 17.5. The molecule has 2 fully saturated rings. The van der Waals surface area contributed by atoms with E-state index in [1.54, 1.807) is 12.1 Å². The van der Waals surface area contributed by atoms with E-state index >= 15 is 0 Å². The molecular weight excluding hydrogens is 459 g/mol. The molecule has 1 aromatic heterocycles. The third kappa shape index (κ3) is 4.02. The number of nitrogens with one attached hydrogen (secondary N) is 2. The topological polar surface area (TPSA) is 77.7 Å². The molecule has 0 radical (unpaired) electrons. The number of likely N-dealkylation sites (tertiary alicyclic amines) is 1. The van der Waals surface area contributed by atoms with Gasteiger partial charge in [0.1, 0.15) is 5.82 Å². The average molecular weight is 487 g/mol. The van der Waals surface area contributed by atoms with Crippen LogP contribution < -0.4 is 5.32 Å². The van der Waals surface area contributed by atoms with Gasteiger partial charge in [0.05, 0.1) is 30.0 Å². The molecule has 0 atom stereocenters. The lowest BCUT2D eigenvalue weighted by Crippen LogP contribution is -2.62. The number of aromatic amines is 1. The molecule has 3 aliphatic rings. The van der Waals surface area contributed by atoms with Crippen LogP contribution >= 0.6 is 0 Å². The lowest BCUT2D eigenvalue weighted by molar-refractivity contribution is -0.110. The Kier molecular flexibility index (Phi) is 5.70. The van der Waals surface area contributed by atoms with Crippen LogP contribution in [0.1, 0.15) is 27.3 Å². The Morgan fingerprint density at radius 1 is 1.11 bits per heavy atom. The van der Waals surface area contributed by atoms with Gasteiger partial charge in [0, 0.05) is 49.2 Å². The van der Waals surface area contributed by atoms with Crippen molar-refractivity contribution in [1.29, 1.82) is 0 Å². The fraction of sp³-hybridized carbons (Fsp3) is 0.286. The zero-order valence-corrected chi connectivity index (χ0v) is 20.0. The lowest BCUT2D eigenvalue weighted by atomic mass is 9.94. The van der Waals surface area contributed by atoms with Crippen LogP contribution in [0.2, 0.25) is 0 Å². The van der Waals surface area contributed by atoms with Crippen molar-refractivity contribution in [3.05, 3.63) is 76.9 Å². The normalized spacial score (nSPS) is 19.3. The number of anilines is 1. The zero-order valence-electron chi connectivity index (χ0n) is 20.0. The predicted octanol–water partition coefficient (Wildman–Crippen LogP) is 3.78. The molecule has 3 aliphatic heterocycles. The molecule has 4 heterocycles. The van der Waals surface area contributed by atoms with Crippen molar-refractivity contribution in [1.82, 2.24) is 14.8 Å². The number of benzene rings is 2. The predicted molar refractivity (Wildman–Crippen MR) is 136 cm³/mol. The Labute approximate surface area is 208 Å². The second kappa shape index (κ2) is 9.04. The molecule has 2 saturated heterocycles. The van der Waals surface area contributed by atoms with E-state index in [1.807, 2.05) is 42.2 Å². The molecule has 0 aliphatic carbocycles. The second-order valence-corrected chi connectivity index (χ2v) is 9.54. The summed E-state index contributed by atoms with van der Waals surface area (Å²) >= 11 is 0. The standard InChI is InChI=1S/C28H27FN4O3/c1-17-12-22(28(35)33-15-20(16-33)32-8-10-36-11-9-32)25(30-17)14-23-26-21(18-4-2-5-19(29)13-18)6-3-7-24(26)31-27(23)34/h2-7,12-14,20,30H,8-11,15-16H2,1H3,(H,31,34). The van der Waals surface area contributed by atoms with E-state index in [0.29, 0.717) is 52.8 Å². The molecule has 3 aromatic rings. The van der Waals surface area contributed by atoms with Gasteiger partial charge in [0.15, 0.2) is 0 Å². The van der Waals surface area contributed by atoms with E-state index in [-0.39, 0.29) is 17.6 Å². The second-order valence-electron chi connectivity index (χ2n) is 9.54. The first-order valence-corrected chi connectivity index (χ1v) is 12.2. The minimum Gasteiger partial charge on any atom is -0.379 e. The van der Waals surface area contributed by atoms with Crippen LogP contribution in [0.5, 0.6) is 0 Å². The summed E-state index contributed by atoms with van der Waals surface area (Å²) < 4.78 is 19.4. The van der Waals surface area contributed by atoms with Gasteiger partial charge in [-0.05, 0) is 48.4 Å². The highest BCUT2D eigenvalue weighted by Gasteiger charge is 2.37. The number of aromatic nitrogens is 1. The van der Waals surface area contributed by atoms with E-state index in [9.17, 15) is 14.0 Å². The Balaban J connectivity index is 1.31. The maximum Gasteiger partial charge on any atom is 0.256 e. The molecule has 7 nitrogen and oxygen atoms in total. The van der Waals surface area contributed by atoms with Gasteiger partial charge in [-0.3, -0.25) is 14.5 Å². The number of carbonyl (C=O) groups excluding carboxylic acids is 2. The monoisotopic (exact) mass is 486 g/mol. The number of ether oxygens (including phenoxy) is 1. The number of nitrogens with zero attached hydrogens (tertiary/aromatic N) is 2. The molecule has 2 amide bonds. The molecule has 0 bridgehead atoms. The van der Waals surface area contributed by atoms with Gasteiger partial charge in [0.25, 0.3) is 11.8 Å². The lowest BCUT2D eigenvalue weighted by Gasteiger charge is -2.46. The maximum absolute atomic E-state index is 14.0. The molecular formula is C28H27FN4O3. The Morgan fingerprint density at radius 2 is 1.89 bits per heavy atom. The van der Waals surface area contributed by atoms with Crippen molar-refractivity contribution in [2.45, 2.75) is 13.0 Å². The van der Waals surface area contributed by atoms with Crippen LogP contribution in [-0.4, -0.2) is 72.0 Å². The van der Waals surface area contributed by atoms with Crippen LogP contribution in [0.3, 0.4) is 0 Å². The number of aryl methyl sites for hydroxylation is 1. The summed E-state index contributed by atoms with van der Waals surface area (Å²) in [5, 5.41) is 2.91. The fourth-order valence-electron chi connectivity index (χ4n) is 5.29. The van der Waals surface area contributed by atoms with Crippen LogP contribution in [0.4, 0.5) is 10.1 Å². The summed E-state index contributed by atoms with van der Waals surface area (Å²) in [6.45, 7) is 6.54. The van der Waals surface area contributed by atoms with E-state index in [1.165, 1.54) is 12.1 Å². The van der Waals surface area contributed by atoms with E-state index in [2.05, 4.69) is 15.2 Å². The number of rotatable bonds is 4. The minimum atomic E-state index is -0.342. The fourth-order valence-corrected chi connectivity index (χ4v) is 5.29. The van der Waals surface area contributed by atoms with Gasteiger partial charge >= 0.3 is 0 Å². The van der Waals surface area contributed by atoms with Crippen molar-refractivity contribution >= 4 is 29.2 Å². The Morgan fingerprint density at radius 3 is 2.67 bits per heavy atom. The van der Waals surface area contributed by atoms with Crippen molar-refractivity contribution in [2.75, 3.05) is 44.7 Å². The summed E-state index contributed by atoms with van der Waals surface area (Å²) in [5.41, 5.74) is 5.23. The molecule has 36 heavy (non-hydrogen) atoms. The molecule has 0 spiro atoms. The SMILES string of the molecule is Cc1cc(C(=O)N2CC(N3CCOCC3)C2)c(C=C2C(=O)Nc3cccc(-c4cccc(F)c4)c32)[nH]1. The number of halogens is 1. The van der Waals surface area contributed by atoms with Crippen LogP contribution in [-0.2, 0) is 9.53 Å². The molecule has 8 heteroatoms. The number of H-pyrrole nitrogens is 1. The molecule has 2 N–H and O–H groups in total. The number of fused-ring (bicyclic) bond motifs is 1. The van der Waals surface area contributed by atoms with Crippen LogP contribution in [0.25, 0.3) is 22.8 Å². The summed E-state index contributed by atoms with van der Waals surface area (Å²) in [6, 6.07) is 14.1. The van der Waals surface area contributed by atoms with Crippen molar-refractivity contribution in [2.24, 2.45) is 0 Å². The summed E-state index contributed by atoms with van der Waals surface area (Å²) in [6.07, 6.45) is 1.74. The van der Waals surface area contributed by atoms with E-state index < -0.39 is 0 Å². The molecule has 2 aromatic carbocycles. The zero-order chi connectivity index (χ0) is 24.8. The summed E-state index contributed by atoms with van der Waals surface area (Å²) in [4.78, 5) is 33.9. The number of morpholine rings is 1. The van der Waals surface area contributed by atoms with Gasteiger partial charge in [-0.25, -0.2) is 4.39 Å². The Hall–Kier alpha value is -3.75. The smallest absolute Gasteiger partial charge is 0.256 e. The first-order valence-electron chi connectivity index (χ1n) is 12.2. The van der Waals surface area contributed by atoms with E-state index in [4.69, 9.17) is 4.74 Å². The maximum atomic E-state index is 14.0. The molecule has 0 unspecified atom stereocenters. The number of hydrogen-bond acceptors (Lipinski definition) is 4. The third-order valence-corrected chi connectivity index (χ3v) is 7.18. The van der Waals surface area contributed by atoms with Crippen LogP contribution in [0.15, 0.2) is 48.5 Å². The van der Waals surface area contributed by atoms with Crippen molar-refractivity contribution in [3.63, 3.8) is 0 Å². The van der Waals surface area contributed by atoms with Crippen molar-refractivity contribution in [3.8, 4) is 11.1 Å². The highest BCUT2D eigenvalue weighted by Crippen LogP contribution is 2.40. The Bertz CT molecular complexity index is 1380. The third-order valence-electron chi connectivity index (χ3n) is 7.18. The van der Waals surface area contributed by atoms with Crippen molar-refractivity contribution < 1.29 is 18.7 Å². The first kappa shape index (κ1) is 22.7. The molecule has 0 saturated carbocycles. The summed E-state index contributed by atoms with van der Waals surface area (Å²) in [7, 11) is 0. The highest BCUT2D eigenvalue weighted by molar-refractivity contribution is 6.36. The average Bonchev–Trinajstić information content (AvgIpc) is 3.37. The molecule has 184 valence electrons. The quantitative estimate of drug-likeness (QED) is 0.551. The van der Waals surface area contributed by atoms with Crippen LogP contribution in [0, 0.1) is 12.7 Å². The number of carbonyl (C=O) groups is 2. The van der Waals surface area contributed by atoms with Gasteiger partial charge in [0.2, 0.25) is 0 Å². The van der Waals surface area contributed by atoms with E-state index in [0.717, 1.165) is 37.6 Å². The minimum absolute atomic E-state index is 0.0484. The largest absolute Gasteiger partial charge is 0.379 e.